The topological polar surface area (TPSA) is 103 Å². The van der Waals surface area contributed by atoms with Crippen LogP contribution in [-0.4, -0.2) is 30.0 Å². The summed E-state index contributed by atoms with van der Waals surface area (Å²) >= 11 is 1.13. The lowest BCUT2D eigenvalue weighted by Gasteiger charge is -2.05. The maximum atomic E-state index is 11.1. The molecule has 1 heterocycles. The number of primary amides is 1. The predicted octanol–water partition coefficient (Wildman–Crippen LogP) is 1.05. The summed E-state index contributed by atoms with van der Waals surface area (Å²) in [7, 11) is 0. The van der Waals surface area contributed by atoms with Gasteiger partial charge in [0, 0.05) is 13.2 Å². The van der Waals surface area contributed by atoms with Crippen LogP contribution in [0.25, 0.3) is 0 Å². The summed E-state index contributed by atoms with van der Waals surface area (Å²) in [6, 6.07) is 0. The molecule has 0 aliphatic rings. The molecule has 0 atom stereocenters. The molecule has 5 N–H and O–H groups in total. The molecule has 17 heavy (non-hydrogen) atoms. The second-order valence-corrected chi connectivity index (χ2v) is 4.30. The lowest BCUT2D eigenvalue weighted by Crippen LogP contribution is -2.16. The molecule has 1 aromatic heterocycles. The van der Waals surface area contributed by atoms with Crippen LogP contribution >= 0.6 is 11.5 Å². The van der Waals surface area contributed by atoms with Crippen LogP contribution in [0.2, 0.25) is 0 Å². The van der Waals surface area contributed by atoms with Gasteiger partial charge in [0.25, 0.3) is 5.91 Å². The molecule has 0 unspecified atom stereocenters. The standard InChI is InChI=1S/C10H18N4O2S/c1-2-3-5-16-6-4-13-10-7(9(12)15)8(11)14-17-10/h13H,2-6H2,1H3,(H2,11,14)(H2,12,15). The largest absolute Gasteiger partial charge is 0.382 e. The normalized spacial score (nSPS) is 10.4. The summed E-state index contributed by atoms with van der Waals surface area (Å²) in [4.78, 5) is 11.1. The molecule has 0 radical (unpaired) electrons. The maximum absolute atomic E-state index is 11.1. The van der Waals surface area contributed by atoms with Gasteiger partial charge in [0.1, 0.15) is 10.6 Å². The molecule has 0 spiro atoms. The number of amides is 1. The zero-order chi connectivity index (χ0) is 12.7. The van der Waals surface area contributed by atoms with Crippen LogP contribution in [0.5, 0.6) is 0 Å². The Labute approximate surface area is 104 Å². The van der Waals surface area contributed by atoms with Crippen LogP contribution in [0.3, 0.4) is 0 Å². The number of nitrogen functional groups attached to an aromatic ring is 1. The molecule has 7 heteroatoms. The molecule has 0 aliphatic carbocycles. The van der Waals surface area contributed by atoms with E-state index in [-0.39, 0.29) is 11.4 Å². The Balaban J connectivity index is 2.34. The quantitative estimate of drug-likeness (QED) is 0.605. The summed E-state index contributed by atoms with van der Waals surface area (Å²) in [6.45, 7) is 4.05. The summed E-state index contributed by atoms with van der Waals surface area (Å²) < 4.78 is 9.26. The van der Waals surface area contributed by atoms with Crippen molar-refractivity contribution in [2.45, 2.75) is 19.8 Å². The Morgan fingerprint density at radius 2 is 2.29 bits per heavy atom. The smallest absolute Gasteiger partial charge is 0.255 e. The van der Waals surface area contributed by atoms with E-state index < -0.39 is 5.91 Å². The lowest BCUT2D eigenvalue weighted by atomic mass is 10.3. The first-order valence-electron chi connectivity index (χ1n) is 5.53. The molecule has 0 aromatic carbocycles. The van der Waals surface area contributed by atoms with Gasteiger partial charge in [-0.2, -0.15) is 4.37 Å². The first kappa shape index (κ1) is 13.7. The third kappa shape index (κ3) is 4.20. The highest BCUT2D eigenvalue weighted by atomic mass is 32.1. The van der Waals surface area contributed by atoms with Gasteiger partial charge in [-0.1, -0.05) is 13.3 Å². The lowest BCUT2D eigenvalue weighted by molar-refractivity contribution is 0.100. The number of hydrogen-bond donors (Lipinski definition) is 3. The Morgan fingerprint density at radius 1 is 1.53 bits per heavy atom. The van der Waals surface area contributed by atoms with Crippen molar-refractivity contribution >= 4 is 28.3 Å². The van der Waals surface area contributed by atoms with Crippen LogP contribution in [0.1, 0.15) is 30.1 Å². The Hall–Kier alpha value is -1.34. The monoisotopic (exact) mass is 258 g/mol. The van der Waals surface area contributed by atoms with Crippen LogP contribution < -0.4 is 16.8 Å². The highest BCUT2D eigenvalue weighted by Gasteiger charge is 2.15. The molecule has 0 aliphatic heterocycles. The molecular weight excluding hydrogens is 240 g/mol. The SMILES string of the molecule is CCCCOCCNc1snc(N)c1C(N)=O. The fourth-order valence-electron chi connectivity index (χ4n) is 1.25. The average Bonchev–Trinajstić information content (AvgIpc) is 2.65. The number of nitrogens with two attached hydrogens (primary N) is 2. The van der Waals surface area contributed by atoms with Crippen molar-refractivity contribution in [3.8, 4) is 0 Å². The number of carbonyl (C=O) groups excluding carboxylic acids is 1. The van der Waals surface area contributed by atoms with E-state index in [1.165, 1.54) is 0 Å². The number of carbonyl (C=O) groups is 1. The Kier molecular flexibility index (Phi) is 5.71. The van der Waals surface area contributed by atoms with Gasteiger partial charge in [0.05, 0.1) is 6.61 Å². The first-order chi connectivity index (χ1) is 8.16. The van der Waals surface area contributed by atoms with Crippen LogP contribution in [0.15, 0.2) is 0 Å². The highest BCUT2D eigenvalue weighted by Crippen LogP contribution is 2.25. The molecule has 1 rings (SSSR count). The zero-order valence-electron chi connectivity index (χ0n) is 9.86. The summed E-state index contributed by atoms with van der Waals surface area (Å²) in [5, 5.41) is 3.65. The van der Waals surface area contributed by atoms with Gasteiger partial charge >= 0.3 is 0 Å². The first-order valence-corrected chi connectivity index (χ1v) is 6.30. The van der Waals surface area contributed by atoms with Gasteiger partial charge in [-0.05, 0) is 18.0 Å². The number of ether oxygens (including phenoxy) is 1. The molecule has 0 bridgehead atoms. The van der Waals surface area contributed by atoms with Crippen molar-refractivity contribution in [1.82, 2.24) is 4.37 Å². The van der Waals surface area contributed by atoms with E-state index in [1.807, 2.05) is 0 Å². The van der Waals surface area contributed by atoms with Gasteiger partial charge in [-0.25, -0.2) is 0 Å². The second kappa shape index (κ2) is 7.08. The number of anilines is 2. The van der Waals surface area contributed by atoms with E-state index >= 15 is 0 Å². The number of unbranched alkanes of at least 4 members (excludes halogenated alkanes) is 1. The highest BCUT2D eigenvalue weighted by molar-refractivity contribution is 7.11. The minimum Gasteiger partial charge on any atom is -0.382 e. The van der Waals surface area contributed by atoms with Crippen LogP contribution in [-0.2, 0) is 4.74 Å². The van der Waals surface area contributed by atoms with Gasteiger partial charge in [-0.15, -0.1) is 0 Å². The molecular formula is C10H18N4O2S. The molecule has 0 saturated carbocycles. The molecule has 96 valence electrons. The number of nitrogens with zero attached hydrogens (tertiary/aromatic N) is 1. The van der Waals surface area contributed by atoms with E-state index in [9.17, 15) is 4.79 Å². The van der Waals surface area contributed by atoms with Gasteiger partial charge < -0.3 is 21.5 Å². The van der Waals surface area contributed by atoms with Crippen molar-refractivity contribution in [3.63, 3.8) is 0 Å². The molecule has 6 nitrogen and oxygen atoms in total. The van der Waals surface area contributed by atoms with Gasteiger partial charge in [0.2, 0.25) is 0 Å². The van der Waals surface area contributed by atoms with E-state index in [4.69, 9.17) is 16.2 Å². The van der Waals surface area contributed by atoms with E-state index in [0.717, 1.165) is 31.0 Å². The van der Waals surface area contributed by atoms with Crippen molar-refractivity contribution < 1.29 is 9.53 Å². The Bertz CT molecular complexity index is 367. The third-order valence-electron chi connectivity index (χ3n) is 2.14. The summed E-state index contributed by atoms with van der Waals surface area (Å²) in [5.41, 5.74) is 11.0. The number of rotatable bonds is 8. The number of aromatic nitrogens is 1. The fraction of sp³-hybridized carbons (Fsp3) is 0.600. The van der Waals surface area contributed by atoms with Gasteiger partial charge in [-0.3, -0.25) is 4.79 Å². The van der Waals surface area contributed by atoms with Crippen LogP contribution in [0, 0.1) is 0 Å². The zero-order valence-corrected chi connectivity index (χ0v) is 10.7. The van der Waals surface area contributed by atoms with Crippen molar-refractivity contribution in [3.05, 3.63) is 5.56 Å². The van der Waals surface area contributed by atoms with Gasteiger partial charge in [0.15, 0.2) is 5.82 Å². The molecule has 0 fully saturated rings. The molecule has 1 amide bonds. The van der Waals surface area contributed by atoms with E-state index in [0.29, 0.717) is 18.2 Å². The van der Waals surface area contributed by atoms with Crippen molar-refractivity contribution in [1.29, 1.82) is 0 Å². The number of nitrogens with one attached hydrogen (secondary N) is 1. The fourth-order valence-corrected chi connectivity index (χ4v) is 1.99. The summed E-state index contributed by atoms with van der Waals surface area (Å²) in [5.74, 6) is -0.387. The third-order valence-corrected chi connectivity index (χ3v) is 2.96. The second-order valence-electron chi connectivity index (χ2n) is 3.53. The molecule has 1 aromatic rings. The van der Waals surface area contributed by atoms with Crippen molar-refractivity contribution in [2.24, 2.45) is 5.73 Å². The Morgan fingerprint density at radius 3 is 2.94 bits per heavy atom. The summed E-state index contributed by atoms with van der Waals surface area (Å²) in [6.07, 6.45) is 2.17. The molecule has 0 saturated heterocycles. The minimum absolute atomic E-state index is 0.178. The van der Waals surface area contributed by atoms with Crippen molar-refractivity contribution in [2.75, 3.05) is 30.8 Å². The van der Waals surface area contributed by atoms with E-state index in [1.54, 1.807) is 0 Å². The van der Waals surface area contributed by atoms with E-state index in [2.05, 4.69) is 16.6 Å². The minimum atomic E-state index is -0.564. The van der Waals surface area contributed by atoms with Crippen LogP contribution in [0.4, 0.5) is 10.8 Å². The predicted molar refractivity (Wildman–Crippen MR) is 69.3 cm³/mol. The maximum Gasteiger partial charge on any atom is 0.255 e. The number of hydrogen-bond acceptors (Lipinski definition) is 6. The average molecular weight is 258 g/mol.